The van der Waals surface area contributed by atoms with E-state index < -0.39 is 11.5 Å². The lowest BCUT2D eigenvalue weighted by Crippen LogP contribution is -2.52. The molecular weight excluding hydrogens is 252 g/mol. The molecule has 0 aliphatic carbocycles. The normalized spacial score (nSPS) is 23.1. The molecule has 1 fully saturated rings. The summed E-state index contributed by atoms with van der Waals surface area (Å²) in [6.45, 7) is 11.5. The number of rotatable bonds is 9. The SMILES string of the molecule is CCCC1CCN(CCCC(C)(NC(C)C)C(=O)O)C1. The number of carboxylic acids is 1. The lowest BCUT2D eigenvalue weighted by Gasteiger charge is -2.29. The van der Waals surface area contributed by atoms with E-state index in [1.807, 2.05) is 13.8 Å². The summed E-state index contributed by atoms with van der Waals surface area (Å²) in [5.74, 6) is 0.121. The summed E-state index contributed by atoms with van der Waals surface area (Å²) in [5, 5.41) is 12.6. The average molecular weight is 284 g/mol. The van der Waals surface area contributed by atoms with E-state index >= 15 is 0 Å². The monoisotopic (exact) mass is 284 g/mol. The molecule has 0 aromatic heterocycles. The van der Waals surface area contributed by atoms with Crippen molar-refractivity contribution in [2.24, 2.45) is 5.92 Å². The molecule has 2 atom stereocenters. The molecule has 0 radical (unpaired) electrons. The fraction of sp³-hybridized carbons (Fsp3) is 0.938. The molecule has 4 heteroatoms. The standard InChI is InChI=1S/C16H32N2O2/c1-5-7-14-8-11-18(12-14)10-6-9-16(4,15(19)20)17-13(2)3/h13-14,17H,5-12H2,1-4H3,(H,19,20). The Kier molecular flexibility index (Phi) is 6.96. The zero-order valence-electron chi connectivity index (χ0n) is 13.6. The second-order valence-electron chi connectivity index (χ2n) is 6.78. The molecule has 0 bridgehead atoms. The van der Waals surface area contributed by atoms with Crippen molar-refractivity contribution >= 4 is 5.97 Å². The van der Waals surface area contributed by atoms with Crippen LogP contribution in [-0.4, -0.2) is 47.2 Å². The Labute approximate surface area is 123 Å². The van der Waals surface area contributed by atoms with Gasteiger partial charge in [0.15, 0.2) is 0 Å². The van der Waals surface area contributed by atoms with Crippen LogP contribution in [0.4, 0.5) is 0 Å². The van der Waals surface area contributed by atoms with Gasteiger partial charge in [-0.3, -0.25) is 10.1 Å². The van der Waals surface area contributed by atoms with Gasteiger partial charge in [-0.1, -0.05) is 13.3 Å². The van der Waals surface area contributed by atoms with Gasteiger partial charge in [-0.25, -0.2) is 0 Å². The predicted molar refractivity (Wildman–Crippen MR) is 83.0 cm³/mol. The third-order valence-corrected chi connectivity index (χ3v) is 4.30. The molecule has 1 rings (SSSR count). The van der Waals surface area contributed by atoms with Crippen molar-refractivity contribution in [3.63, 3.8) is 0 Å². The van der Waals surface area contributed by atoms with Crippen LogP contribution in [0.5, 0.6) is 0 Å². The van der Waals surface area contributed by atoms with Crippen LogP contribution in [0.3, 0.4) is 0 Å². The highest BCUT2D eigenvalue weighted by Gasteiger charge is 2.33. The van der Waals surface area contributed by atoms with Gasteiger partial charge in [-0.2, -0.15) is 0 Å². The lowest BCUT2D eigenvalue weighted by molar-refractivity contribution is -0.144. The first kappa shape index (κ1) is 17.4. The van der Waals surface area contributed by atoms with Crippen LogP contribution in [0.2, 0.25) is 0 Å². The van der Waals surface area contributed by atoms with Crippen molar-refractivity contribution < 1.29 is 9.90 Å². The van der Waals surface area contributed by atoms with Crippen molar-refractivity contribution in [2.45, 2.75) is 71.4 Å². The molecule has 0 amide bonds. The van der Waals surface area contributed by atoms with E-state index in [0.29, 0.717) is 6.42 Å². The van der Waals surface area contributed by atoms with Crippen LogP contribution in [-0.2, 0) is 4.79 Å². The van der Waals surface area contributed by atoms with Gasteiger partial charge in [0.2, 0.25) is 0 Å². The van der Waals surface area contributed by atoms with Crippen LogP contribution in [0, 0.1) is 5.92 Å². The Morgan fingerprint density at radius 1 is 1.50 bits per heavy atom. The van der Waals surface area contributed by atoms with Crippen LogP contribution in [0.15, 0.2) is 0 Å². The minimum atomic E-state index is -0.795. The van der Waals surface area contributed by atoms with Crippen molar-refractivity contribution in [1.29, 1.82) is 0 Å². The third kappa shape index (κ3) is 5.41. The summed E-state index contributed by atoms with van der Waals surface area (Å²) in [7, 11) is 0. The zero-order valence-corrected chi connectivity index (χ0v) is 13.6. The summed E-state index contributed by atoms with van der Waals surface area (Å²) in [4.78, 5) is 13.9. The zero-order chi connectivity index (χ0) is 15.2. The maximum atomic E-state index is 11.4. The fourth-order valence-electron chi connectivity index (χ4n) is 3.29. The topological polar surface area (TPSA) is 52.6 Å². The largest absolute Gasteiger partial charge is 0.480 e. The molecule has 0 aromatic carbocycles. The van der Waals surface area contributed by atoms with E-state index in [0.717, 1.165) is 18.9 Å². The van der Waals surface area contributed by atoms with Gasteiger partial charge in [-0.15, -0.1) is 0 Å². The van der Waals surface area contributed by atoms with E-state index in [1.165, 1.54) is 32.4 Å². The maximum Gasteiger partial charge on any atom is 0.323 e. The van der Waals surface area contributed by atoms with Crippen molar-refractivity contribution in [2.75, 3.05) is 19.6 Å². The van der Waals surface area contributed by atoms with Gasteiger partial charge in [0.1, 0.15) is 5.54 Å². The van der Waals surface area contributed by atoms with Crippen LogP contribution in [0.25, 0.3) is 0 Å². The lowest BCUT2D eigenvalue weighted by atomic mass is 9.94. The Hall–Kier alpha value is -0.610. The second kappa shape index (κ2) is 7.99. The minimum absolute atomic E-state index is 0.192. The highest BCUT2D eigenvalue weighted by molar-refractivity contribution is 5.78. The number of nitrogens with zero attached hydrogens (tertiary/aromatic N) is 1. The number of hydrogen-bond donors (Lipinski definition) is 2. The molecule has 1 aliphatic rings. The first-order valence-electron chi connectivity index (χ1n) is 8.11. The Bertz CT molecular complexity index is 307. The van der Waals surface area contributed by atoms with E-state index in [2.05, 4.69) is 17.1 Å². The Morgan fingerprint density at radius 3 is 2.75 bits per heavy atom. The molecule has 1 saturated heterocycles. The second-order valence-corrected chi connectivity index (χ2v) is 6.78. The highest BCUT2D eigenvalue weighted by atomic mass is 16.4. The van der Waals surface area contributed by atoms with Crippen LogP contribution < -0.4 is 5.32 Å². The third-order valence-electron chi connectivity index (χ3n) is 4.30. The molecule has 2 unspecified atom stereocenters. The number of nitrogens with one attached hydrogen (secondary N) is 1. The van der Waals surface area contributed by atoms with Crippen molar-refractivity contribution in [1.82, 2.24) is 10.2 Å². The Balaban J connectivity index is 2.33. The minimum Gasteiger partial charge on any atom is -0.480 e. The first-order chi connectivity index (χ1) is 9.37. The number of carbonyl (C=O) groups is 1. The molecule has 1 aliphatic heterocycles. The van der Waals surface area contributed by atoms with E-state index in [4.69, 9.17) is 0 Å². The molecule has 0 saturated carbocycles. The van der Waals surface area contributed by atoms with Gasteiger partial charge >= 0.3 is 5.97 Å². The van der Waals surface area contributed by atoms with Gasteiger partial charge in [0.05, 0.1) is 0 Å². The fourth-order valence-corrected chi connectivity index (χ4v) is 3.29. The average Bonchev–Trinajstić information content (AvgIpc) is 2.76. The summed E-state index contributed by atoms with van der Waals surface area (Å²) >= 11 is 0. The molecular formula is C16H32N2O2. The molecule has 1 heterocycles. The molecule has 0 spiro atoms. The van der Waals surface area contributed by atoms with Gasteiger partial charge < -0.3 is 10.0 Å². The van der Waals surface area contributed by atoms with Gasteiger partial charge in [0, 0.05) is 12.6 Å². The number of carboxylic acid groups (broad SMARTS) is 1. The molecule has 0 aromatic rings. The van der Waals surface area contributed by atoms with Crippen LogP contribution in [0.1, 0.15) is 59.8 Å². The van der Waals surface area contributed by atoms with E-state index in [-0.39, 0.29) is 6.04 Å². The summed E-state index contributed by atoms with van der Waals surface area (Å²) in [6.07, 6.45) is 5.55. The number of hydrogen-bond acceptors (Lipinski definition) is 3. The molecule has 118 valence electrons. The smallest absolute Gasteiger partial charge is 0.323 e. The van der Waals surface area contributed by atoms with Crippen LogP contribution >= 0.6 is 0 Å². The number of aliphatic carboxylic acids is 1. The molecule has 4 nitrogen and oxygen atoms in total. The predicted octanol–water partition coefficient (Wildman–Crippen LogP) is 2.73. The quantitative estimate of drug-likeness (QED) is 0.683. The first-order valence-corrected chi connectivity index (χ1v) is 8.11. The van der Waals surface area contributed by atoms with Crippen molar-refractivity contribution in [3.05, 3.63) is 0 Å². The van der Waals surface area contributed by atoms with Gasteiger partial charge in [-0.05, 0) is 65.5 Å². The highest BCUT2D eigenvalue weighted by Crippen LogP contribution is 2.22. The molecule has 20 heavy (non-hydrogen) atoms. The summed E-state index contributed by atoms with van der Waals surface area (Å²) in [5.41, 5.74) is -0.795. The number of likely N-dealkylation sites (tertiary alicyclic amines) is 1. The van der Waals surface area contributed by atoms with E-state index in [1.54, 1.807) is 6.92 Å². The summed E-state index contributed by atoms with van der Waals surface area (Å²) < 4.78 is 0. The van der Waals surface area contributed by atoms with Gasteiger partial charge in [0.25, 0.3) is 0 Å². The Morgan fingerprint density at radius 2 is 2.20 bits per heavy atom. The summed E-state index contributed by atoms with van der Waals surface area (Å²) in [6, 6.07) is 0.192. The maximum absolute atomic E-state index is 11.4. The van der Waals surface area contributed by atoms with Crippen molar-refractivity contribution in [3.8, 4) is 0 Å². The molecule has 2 N–H and O–H groups in total. The van der Waals surface area contributed by atoms with E-state index in [9.17, 15) is 9.90 Å².